The Hall–Kier alpha value is -1.32. The second-order valence-electron chi connectivity index (χ2n) is 2.46. The number of rotatable bonds is 4. The Kier molecular flexibility index (Phi) is 4.76. The predicted molar refractivity (Wildman–Crippen MR) is 46.4 cm³/mol. The lowest BCUT2D eigenvalue weighted by molar-refractivity contribution is -0.124. The van der Waals surface area contributed by atoms with Gasteiger partial charge in [0.1, 0.15) is 0 Å². The molecule has 2 N–H and O–H groups in total. The van der Waals surface area contributed by atoms with E-state index in [9.17, 15) is 9.59 Å². The fourth-order valence-corrected chi connectivity index (χ4v) is 0.665. The molecular weight excluding hydrogens is 156 g/mol. The molecule has 4 nitrogen and oxygen atoms in total. The summed E-state index contributed by atoms with van der Waals surface area (Å²) in [5.41, 5.74) is 0. The van der Waals surface area contributed by atoms with Gasteiger partial charge >= 0.3 is 0 Å². The van der Waals surface area contributed by atoms with E-state index in [0.29, 0.717) is 6.54 Å². The van der Waals surface area contributed by atoms with Crippen molar-refractivity contribution in [3.05, 3.63) is 12.7 Å². The van der Waals surface area contributed by atoms with E-state index in [4.69, 9.17) is 0 Å². The minimum Gasteiger partial charge on any atom is -0.359 e. The van der Waals surface area contributed by atoms with Crippen LogP contribution in [-0.4, -0.2) is 25.4 Å². The van der Waals surface area contributed by atoms with E-state index in [1.165, 1.54) is 6.08 Å². The minimum atomic E-state index is -0.259. The van der Waals surface area contributed by atoms with Gasteiger partial charge < -0.3 is 10.6 Å². The van der Waals surface area contributed by atoms with Crippen LogP contribution in [0.4, 0.5) is 0 Å². The molecule has 1 atom stereocenters. The third-order valence-electron chi connectivity index (χ3n) is 1.46. The summed E-state index contributed by atoms with van der Waals surface area (Å²) in [6.45, 7) is 5.37. The molecule has 0 fully saturated rings. The Morgan fingerprint density at radius 1 is 1.58 bits per heavy atom. The van der Waals surface area contributed by atoms with Crippen LogP contribution in [0.5, 0.6) is 0 Å². The van der Waals surface area contributed by atoms with Crippen molar-refractivity contribution in [2.75, 3.05) is 13.6 Å². The van der Waals surface area contributed by atoms with Crippen LogP contribution in [0.15, 0.2) is 12.7 Å². The molecule has 0 radical (unpaired) electrons. The molecule has 12 heavy (non-hydrogen) atoms. The Morgan fingerprint density at radius 3 is 2.58 bits per heavy atom. The van der Waals surface area contributed by atoms with Crippen molar-refractivity contribution in [2.24, 2.45) is 5.92 Å². The third-order valence-corrected chi connectivity index (χ3v) is 1.46. The van der Waals surface area contributed by atoms with Crippen LogP contribution in [0.1, 0.15) is 6.92 Å². The minimum absolute atomic E-state index is 0.0839. The van der Waals surface area contributed by atoms with Crippen LogP contribution in [-0.2, 0) is 9.59 Å². The highest BCUT2D eigenvalue weighted by Crippen LogP contribution is 1.90. The molecule has 0 rings (SSSR count). The Bertz CT molecular complexity index is 189. The van der Waals surface area contributed by atoms with Gasteiger partial charge in [0.25, 0.3) is 0 Å². The zero-order chi connectivity index (χ0) is 9.56. The highest BCUT2D eigenvalue weighted by molar-refractivity contribution is 5.87. The normalized spacial score (nSPS) is 11.5. The van der Waals surface area contributed by atoms with Crippen molar-refractivity contribution in [1.82, 2.24) is 10.6 Å². The summed E-state index contributed by atoms with van der Waals surface area (Å²) in [7, 11) is 1.56. The standard InChI is InChI=1S/C8H14N2O2/c1-4-7(11)10-5-6(2)8(12)9-3/h4,6H,1,5H2,2-3H3,(H,9,12)(H,10,11). The molecule has 0 aromatic rings. The van der Waals surface area contributed by atoms with Gasteiger partial charge in [0.15, 0.2) is 0 Å². The average molecular weight is 170 g/mol. The summed E-state index contributed by atoms with van der Waals surface area (Å²) in [6, 6.07) is 0. The van der Waals surface area contributed by atoms with Crippen molar-refractivity contribution in [2.45, 2.75) is 6.92 Å². The van der Waals surface area contributed by atoms with E-state index in [0.717, 1.165) is 0 Å². The largest absolute Gasteiger partial charge is 0.359 e. The van der Waals surface area contributed by atoms with E-state index in [-0.39, 0.29) is 17.7 Å². The van der Waals surface area contributed by atoms with Gasteiger partial charge in [-0.25, -0.2) is 0 Å². The van der Waals surface area contributed by atoms with Gasteiger partial charge in [0.05, 0.1) is 5.92 Å². The lowest BCUT2D eigenvalue weighted by Gasteiger charge is -2.09. The van der Waals surface area contributed by atoms with E-state index in [1.807, 2.05) is 0 Å². The van der Waals surface area contributed by atoms with Gasteiger partial charge in [-0.05, 0) is 6.08 Å². The van der Waals surface area contributed by atoms with Gasteiger partial charge in [-0.2, -0.15) is 0 Å². The van der Waals surface area contributed by atoms with Crippen molar-refractivity contribution in [1.29, 1.82) is 0 Å². The van der Waals surface area contributed by atoms with Crippen molar-refractivity contribution in [3.8, 4) is 0 Å². The quantitative estimate of drug-likeness (QED) is 0.568. The second kappa shape index (κ2) is 5.35. The molecule has 68 valence electrons. The fourth-order valence-electron chi connectivity index (χ4n) is 0.665. The maximum atomic E-state index is 10.9. The highest BCUT2D eigenvalue weighted by atomic mass is 16.2. The van der Waals surface area contributed by atoms with Crippen LogP contribution < -0.4 is 10.6 Å². The number of carbonyl (C=O) groups excluding carboxylic acids is 2. The number of nitrogens with one attached hydrogen (secondary N) is 2. The van der Waals surface area contributed by atoms with Crippen LogP contribution in [0, 0.1) is 5.92 Å². The molecule has 4 heteroatoms. The molecule has 0 aliphatic heterocycles. The number of amides is 2. The lowest BCUT2D eigenvalue weighted by atomic mass is 10.1. The summed E-state index contributed by atoms with van der Waals surface area (Å²) in [6.07, 6.45) is 1.18. The zero-order valence-corrected chi connectivity index (χ0v) is 7.39. The predicted octanol–water partition coefficient (Wildman–Crippen LogP) is -0.329. The van der Waals surface area contributed by atoms with Crippen LogP contribution >= 0.6 is 0 Å². The molecule has 0 spiro atoms. The van der Waals surface area contributed by atoms with Gasteiger partial charge in [-0.15, -0.1) is 0 Å². The molecular formula is C8H14N2O2. The second-order valence-corrected chi connectivity index (χ2v) is 2.46. The Morgan fingerprint density at radius 2 is 2.17 bits per heavy atom. The molecule has 0 heterocycles. The van der Waals surface area contributed by atoms with E-state index >= 15 is 0 Å². The van der Waals surface area contributed by atoms with Crippen LogP contribution in [0.2, 0.25) is 0 Å². The molecule has 0 saturated heterocycles. The molecule has 0 saturated carbocycles. The average Bonchev–Trinajstić information content (AvgIpc) is 2.11. The highest BCUT2D eigenvalue weighted by Gasteiger charge is 2.10. The number of hydrogen-bond acceptors (Lipinski definition) is 2. The first-order valence-electron chi connectivity index (χ1n) is 3.73. The summed E-state index contributed by atoms with van der Waals surface area (Å²) >= 11 is 0. The SMILES string of the molecule is C=CC(=O)NCC(C)C(=O)NC. The summed E-state index contributed by atoms with van der Waals surface area (Å²) < 4.78 is 0. The van der Waals surface area contributed by atoms with Crippen LogP contribution in [0.3, 0.4) is 0 Å². The lowest BCUT2D eigenvalue weighted by Crippen LogP contribution is -2.35. The molecule has 1 unspecified atom stereocenters. The molecule has 0 aromatic carbocycles. The third kappa shape index (κ3) is 3.75. The Labute approximate surface area is 72.0 Å². The summed E-state index contributed by atoms with van der Waals surface area (Å²) in [4.78, 5) is 21.6. The first-order valence-corrected chi connectivity index (χ1v) is 3.73. The van der Waals surface area contributed by atoms with E-state index in [1.54, 1.807) is 14.0 Å². The molecule has 0 aromatic heterocycles. The first kappa shape index (κ1) is 10.7. The smallest absolute Gasteiger partial charge is 0.243 e. The number of hydrogen-bond donors (Lipinski definition) is 2. The Balaban J connectivity index is 3.70. The topological polar surface area (TPSA) is 58.2 Å². The molecule has 0 aliphatic carbocycles. The molecule has 0 bridgehead atoms. The summed E-state index contributed by atoms with van der Waals surface area (Å²) in [5, 5.41) is 5.02. The van der Waals surface area contributed by atoms with E-state index in [2.05, 4.69) is 17.2 Å². The molecule has 0 aliphatic rings. The van der Waals surface area contributed by atoms with Gasteiger partial charge in [0, 0.05) is 13.6 Å². The summed E-state index contributed by atoms with van der Waals surface area (Å²) in [5.74, 6) is -0.552. The van der Waals surface area contributed by atoms with Crippen molar-refractivity contribution in [3.63, 3.8) is 0 Å². The van der Waals surface area contributed by atoms with Crippen LogP contribution in [0.25, 0.3) is 0 Å². The number of carbonyl (C=O) groups is 2. The van der Waals surface area contributed by atoms with Gasteiger partial charge in [-0.1, -0.05) is 13.5 Å². The fraction of sp³-hybridized carbons (Fsp3) is 0.500. The molecule has 2 amide bonds. The first-order chi connectivity index (χ1) is 5.61. The monoisotopic (exact) mass is 170 g/mol. The maximum Gasteiger partial charge on any atom is 0.243 e. The maximum absolute atomic E-state index is 10.9. The van der Waals surface area contributed by atoms with Crippen molar-refractivity contribution >= 4 is 11.8 Å². The van der Waals surface area contributed by atoms with Gasteiger partial charge in [0.2, 0.25) is 11.8 Å². The zero-order valence-electron chi connectivity index (χ0n) is 7.39. The van der Waals surface area contributed by atoms with Gasteiger partial charge in [-0.3, -0.25) is 9.59 Å². The van der Waals surface area contributed by atoms with Crippen molar-refractivity contribution < 1.29 is 9.59 Å². The van der Waals surface area contributed by atoms with E-state index < -0.39 is 0 Å².